The van der Waals surface area contributed by atoms with Crippen molar-refractivity contribution >= 4 is 5.91 Å². The van der Waals surface area contributed by atoms with Crippen LogP contribution in [0.1, 0.15) is 26.2 Å². The summed E-state index contributed by atoms with van der Waals surface area (Å²) >= 11 is 0. The summed E-state index contributed by atoms with van der Waals surface area (Å²) in [6, 6.07) is 1.93. The van der Waals surface area contributed by atoms with Gasteiger partial charge >= 0.3 is 0 Å². The first-order valence-corrected chi connectivity index (χ1v) is 7.63. The van der Waals surface area contributed by atoms with Crippen molar-refractivity contribution in [2.45, 2.75) is 26.2 Å². The maximum absolute atomic E-state index is 11.9. The fourth-order valence-electron chi connectivity index (χ4n) is 1.65. The summed E-state index contributed by atoms with van der Waals surface area (Å²) in [6.45, 7) is 12.4. The van der Waals surface area contributed by atoms with Gasteiger partial charge in [0.2, 0.25) is 0 Å². The molecule has 5 heteroatoms. The molecule has 0 fully saturated rings. The van der Waals surface area contributed by atoms with Crippen molar-refractivity contribution in [2.75, 3.05) is 32.8 Å². The van der Waals surface area contributed by atoms with Gasteiger partial charge in [-0.15, -0.1) is 13.2 Å². The Morgan fingerprint density at radius 2 is 1.91 bits per heavy atom. The molecule has 0 aromatic heterocycles. The molecule has 0 heterocycles. The van der Waals surface area contributed by atoms with E-state index < -0.39 is 0 Å². The van der Waals surface area contributed by atoms with E-state index in [4.69, 9.17) is 10.00 Å². The predicted molar refractivity (Wildman–Crippen MR) is 89.0 cm³/mol. The summed E-state index contributed by atoms with van der Waals surface area (Å²) in [5.41, 5.74) is 0.0793. The quantitative estimate of drug-likeness (QED) is 0.246. The molecule has 0 saturated carbocycles. The molecular formula is C17H27N3O2. The van der Waals surface area contributed by atoms with Gasteiger partial charge in [0, 0.05) is 39.0 Å². The predicted octanol–water partition coefficient (Wildman–Crippen LogP) is 2.39. The average Bonchev–Trinajstić information content (AvgIpc) is 2.51. The first-order chi connectivity index (χ1) is 10.7. The molecule has 0 unspecified atom stereocenters. The zero-order valence-electron chi connectivity index (χ0n) is 13.5. The lowest BCUT2D eigenvalue weighted by Gasteiger charge is -2.16. The van der Waals surface area contributed by atoms with Gasteiger partial charge in [0.05, 0.1) is 0 Å². The molecule has 0 aliphatic carbocycles. The lowest BCUT2D eigenvalue weighted by atomic mass is 10.2. The first kappa shape index (κ1) is 19.9. The summed E-state index contributed by atoms with van der Waals surface area (Å²) in [7, 11) is 0. The number of hydrogen-bond acceptors (Lipinski definition) is 4. The summed E-state index contributed by atoms with van der Waals surface area (Å²) in [5, 5.41) is 11.8. The molecule has 0 aromatic carbocycles. The van der Waals surface area contributed by atoms with Crippen molar-refractivity contribution < 1.29 is 9.53 Å². The number of ether oxygens (including phenoxy) is 1. The molecule has 122 valence electrons. The fraction of sp³-hybridized carbons (Fsp3) is 0.529. The minimum absolute atomic E-state index is 0.0793. The van der Waals surface area contributed by atoms with Gasteiger partial charge in [-0.2, -0.15) is 5.26 Å². The van der Waals surface area contributed by atoms with Crippen LogP contribution in [0.5, 0.6) is 0 Å². The van der Waals surface area contributed by atoms with Crippen LogP contribution in [-0.2, 0) is 9.53 Å². The third-order valence-electron chi connectivity index (χ3n) is 2.80. The van der Waals surface area contributed by atoms with E-state index in [0.717, 1.165) is 25.9 Å². The van der Waals surface area contributed by atoms with Crippen molar-refractivity contribution in [1.29, 1.82) is 5.26 Å². The number of rotatable bonds is 13. The van der Waals surface area contributed by atoms with Crippen LogP contribution in [-0.4, -0.2) is 43.7 Å². The Bertz CT molecular complexity index is 401. The highest BCUT2D eigenvalue weighted by molar-refractivity contribution is 5.97. The minimum atomic E-state index is -0.366. The molecule has 1 N–H and O–H groups in total. The molecule has 0 atom stereocenters. The zero-order valence-corrected chi connectivity index (χ0v) is 13.5. The molecule has 0 aliphatic heterocycles. The van der Waals surface area contributed by atoms with Crippen molar-refractivity contribution in [2.24, 2.45) is 0 Å². The monoisotopic (exact) mass is 305 g/mol. The van der Waals surface area contributed by atoms with Crippen molar-refractivity contribution in [3.63, 3.8) is 0 Å². The highest BCUT2D eigenvalue weighted by atomic mass is 16.5. The number of nitrogens with one attached hydrogen (secondary N) is 1. The van der Waals surface area contributed by atoms with E-state index >= 15 is 0 Å². The van der Waals surface area contributed by atoms with Crippen molar-refractivity contribution in [3.8, 4) is 6.07 Å². The number of unbranched alkanes of at least 4 members (excludes halogenated alkanes) is 1. The van der Waals surface area contributed by atoms with Crippen LogP contribution < -0.4 is 5.32 Å². The van der Waals surface area contributed by atoms with Crippen LogP contribution in [0, 0.1) is 11.3 Å². The van der Waals surface area contributed by atoms with Crippen LogP contribution in [0.4, 0.5) is 0 Å². The van der Waals surface area contributed by atoms with E-state index in [0.29, 0.717) is 26.2 Å². The van der Waals surface area contributed by atoms with Crippen molar-refractivity contribution in [3.05, 3.63) is 37.1 Å². The molecule has 0 rings (SSSR count). The van der Waals surface area contributed by atoms with Crippen molar-refractivity contribution in [1.82, 2.24) is 10.2 Å². The molecule has 0 bridgehead atoms. The van der Waals surface area contributed by atoms with Gasteiger partial charge in [0.25, 0.3) is 5.91 Å². The number of carbonyl (C=O) groups is 1. The second kappa shape index (κ2) is 13.9. The zero-order chi connectivity index (χ0) is 16.6. The van der Waals surface area contributed by atoms with Gasteiger partial charge in [-0.05, 0) is 12.8 Å². The first-order valence-electron chi connectivity index (χ1n) is 7.63. The molecule has 0 aromatic rings. The van der Waals surface area contributed by atoms with Gasteiger partial charge in [-0.1, -0.05) is 25.5 Å². The molecule has 0 saturated heterocycles. The van der Waals surface area contributed by atoms with Gasteiger partial charge in [-0.25, -0.2) is 0 Å². The molecule has 5 nitrogen and oxygen atoms in total. The lowest BCUT2D eigenvalue weighted by Crippen LogP contribution is -2.28. The van der Waals surface area contributed by atoms with E-state index in [2.05, 4.69) is 25.4 Å². The highest BCUT2D eigenvalue weighted by Crippen LogP contribution is 1.99. The SMILES string of the molecule is C=CCN(/C=C(/C#N)C(=O)NCCCOCCCC)CC=C. The minimum Gasteiger partial charge on any atom is -0.381 e. The van der Waals surface area contributed by atoms with E-state index in [1.807, 2.05) is 6.07 Å². The Balaban J connectivity index is 4.20. The maximum Gasteiger partial charge on any atom is 0.263 e. The Hall–Kier alpha value is -2.06. The summed E-state index contributed by atoms with van der Waals surface area (Å²) in [5.74, 6) is -0.366. The Kier molecular flexibility index (Phi) is 12.6. The molecule has 0 radical (unpaired) electrons. The smallest absolute Gasteiger partial charge is 0.263 e. The number of carbonyl (C=O) groups excluding carboxylic acids is 1. The van der Waals surface area contributed by atoms with Crippen LogP contribution in [0.25, 0.3) is 0 Å². The second-order valence-electron chi connectivity index (χ2n) is 4.76. The molecule has 0 aliphatic rings. The van der Waals surface area contributed by atoms with E-state index in [1.54, 1.807) is 17.1 Å². The number of nitriles is 1. The number of amides is 1. The van der Waals surface area contributed by atoms with Crippen LogP contribution in [0.3, 0.4) is 0 Å². The van der Waals surface area contributed by atoms with Gasteiger partial charge < -0.3 is 15.0 Å². The van der Waals surface area contributed by atoms with E-state index in [1.165, 1.54) is 6.20 Å². The van der Waals surface area contributed by atoms with Crippen LogP contribution in [0.2, 0.25) is 0 Å². The molecule has 22 heavy (non-hydrogen) atoms. The van der Waals surface area contributed by atoms with Gasteiger partial charge in [0.1, 0.15) is 11.6 Å². The maximum atomic E-state index is 11.9. The van der Waals surface area contributed by atoms with Crippen LogP contribution >= 0.6 is 0 Å². The summed E-state index contributed by atoms with van der Waals surface area (Å²) in [4.78, 5) is 13.7. The van der Waals surface area contributed by atoms with E-state index in [-0.39, 0.29) is 11.5 Å². The summed E-state index contributed by atoms with van der Waals surface area (Å²) in [6.07, 6.45) is 7.85. The highest BCUT2D eigenvalue weighted by Gasteiger charge is 2.09. The normalized spacial score (nSPS) is 10.6. The largest absolute Gasteiger partial charge is 0.381 e. The van der Waals surface area contributed by atoms with Gasteiger partial charge in [0.15, 0.2) is 0 Å². The molecular weight excluding hydrogens is 278 g/mol. The van der Waals surface area contributed by atoms with Crippen LogP contribution in [0.15, 0.2) is 37.1 Å². The summed E-state index contributed by atoms with van der Waals surface area (Å²) < 4.78 is 5.41. The standard InChI is InChI=1S/C17H27N3O2/c1-4-7-12-22-13-8-9-19-17(21)16(14-18)15-20(10-5-2)11-6-3/h5-6,15H,2-4,7-13H2,1H3,(H,19,21)/b16-15-. The Labute approximate surface area is 133 Å². The topological polar surface area (TPSA) is 65.4 Å². The second-order valence-corrected chi connectivity index (χ2v) is 4.76. The average molecular weight is 305 g/mol. The Morgan fingerprint density at radius 1 is 1.27 bits per heavy atom. The third-order valence-corrected chi connectivity index (χ3v) is 2.80. The number of hydrogen-bond donors (Lipinski definition) is 1. The Morgan fingerprint density at radius 3 is 2.45 bits per heavy atom. The molecule has 0 spiro atoms. The van der Waals surface area contributed by atoms with E-state index in [9.17, 15) is 4.79 Å². The third kappa shape index (κ3) is 9.78. The van der Waals surface area contributed by atoms with Gasteiger partial charge in [-0.3, -0.25) is 4.79 Å². The number of nitrogens with zero attached hydrogens (tertiary/aromatic N) is 2. The fourth-order valence-corrected chi connectivity index (χ4v) is 1.65. The lowest BCUT2D eigenvalue weighted by molar-refractivity contribution is -0.117. The molecule has 1 amide bonds.